The Hall–Kier alpha value is -3.64. The van der Waals surface area contributed by atoms with E-state index in [-0.39, 0.29) is 11.6 Å². The molecule has 0 aliphatic rings. The zero-order valence-corrected chi connectivity index (χ0v) is 15.8. The molecule has 0 fully saturated rings. The first-order valence-electron chi connectivity index (χ1n) is 8.70. The van der Waals surface area contributed by atoms with Gasteiger partial charge in [0.15, 0.2) is 5.75 Å². The lowest BCUT2D eigenvalue weighted by Gasteiger charge is -2.09. The molecule has 4 aromatic rings. The van der Waals surface area contributed by atoms with Crippen molar-refractivity contribution in [2.45, 2.75) is 0 Å². The quantitative estimate of drug-likeness (QED) is 0.382. The molecule has 4 nitrogen and oxygen atoms in total. The Kier molecular flexibility index (Phi) is 5.01. The molecule has 29 heavy (non-hydrogen) atoms. The minimum Gasteiger partial charge on any atom is -0.508 e. The number of rotatable bonds is 5. The molecule has 1 aromatic heterocycles. The predicted molar refractivity (Wildman–Crippen MR) is 112 cm³/mol. The number of carboxylic acid groups (broad SMARTS) is 1. The van der Waals surface area contributed by atoms with Crippen molar-refractivity contribution in [2.24, 2.45) is 0 Å². The summed E-state index contributed by atoms with van der Waals surface area (Å²) in [5, 5.41) is 19.4. The summed E-state index contributed by atoms with van der Waals surface area (Å²) in [5.41, 5.74) is 1.54. The molecule has 0 atom stereocenters. The Morgan fingerprint density at radius 1 is 1.00 bits per heavy atom. The fraction of sp³-hybridized carbons (Fsp3) is 0. The van der Waals surface area contributed by atoms with Crippen molar-refractivity contribution in [1.29, 1.82) is 0 Å². The first-order chi connectivity index (χ1) is 14.0. The van der Waals surface area contributed by atoms with Crippen LogP contribution in [-0.4, -0.2) is 16.2 Å². The lowest BCUT2D eigenvalue weighted by molar-refractivity contribution is -0.131. The highest BCUT2D eigenvalue weighted by Crippen LogP contribution is 2.47. The van der Waals surface area contributed by atoms with Gasteiger partial charge < -0.3 is 14.9 Å². The van der Waals surface area contributed by atoms with Gasteiger partial charge in [0.1, 0.15) is 17.3 Å². The summed E-state index contributed by atoms with van der Waals surface area (Å²) in [5.74, 6) is 0.0202. The number of benzene rings is 3. The number of carboxylic acids is 1. The van der Waals surface area contributed by atoms with Gasteiger partial charge in [-0.15, -0.1) is 11.3 Å². The standard InChI is InChI=1S/C23H15FO4S/c24-16-6-4-15(5-7-16)23-22(19-11-8-17(25)13-20(19)29-23)28-18-9-1-14(2-10-18)3-12-21(26)27/h1-13,25H,(H,26,27). The van der Waals surface area contributed by atoms with Gasteiger partial charge in [-0.25, -0.2) is 9.18 Å². The third-order valence-corrected chi connectivity index (χ3v) is 5.44. The molecule has 0 bridgehead atoms. The Morgan fingerprint density at radius 2 is 1.72 bits per heavy atom. The van der Waals surface area contributed by atoms with E-state index in [0.717, 1.165) is 32.2 Å². The monoisotopic (exact) mass is 406 g/mol. The van der Waals surface area contributed by atoms with Gasteiger partial charge >= 0.3 is 5.97 Å². The van der Waals surface area contributed by atoms with E-state index in [1.807, 2.05) is 0 Å². The molecule has 0 amide bonds. The smallest absolute Gasteiger partial charge is 0.328 e. The van der Waals surface area contributed by atoms with Crippen LogP contribution in [0.1, 0.15) is 5.56 Å². The number of hydrogen-bond acceptors (Lipinski definition) is 4. The van der Waals surface area contributed by atoms with E-state index >= 15 is 0 Å². The summed E-state index contributed by atoms with van der Waals surface area (Å²) >= 11 is 1.45. The highest BCUT2D eigenvalue weighted by Gasteiger charge is 2.17. The van der Waals surface area contributed by atoms with E-state index in [1.54, 1.807) is 54.6 Å². The molecule has 144 valence electrons. The number of halogens is 1. The second kappa shape index (κ2) is 7.77. The van der Waals surface area contributed by atoms with Crippen LogP contribution >= 0.6 is 11.3 Å². The van der Waals surface area contributed by atoms with Crippen LogP contribution in [0, 0.1) is 5.82 Å². The molecule has 0 spiro atoms. The van der Waals surface area contributed by atoms with Crippen molar-refractivity contribution in [3.8, 4) is 27.7 Å². The van der Waals surface area contributed by atoms with E-state index < -0.39 is 5.97 Å². The van der Waals surface area contributed by atoms with Crippen molar-refractivity contribution in [2.75, 3.05) is 0 Å². The average molecular weight is 406 g/mol. The number of thiophene rings is 1. The van der Waals surface area contributed by atoms with Crippen LogP contribution in [0.25, 0.3) is 26.6 Å². The third kappa shape index (κ3) is 4.12. The molecule has 0 aliphatic carbocycles. The molecule has 0 saturated heterocycles. The fourth-order valence-corrected chi connectivity index (χ4v) is 4.06. The number of ether oxygens (including phenoxy) is 1. The maximum Gasteiger partial charge on any atom is 0.328 e. The van der Waals surface area contributed by atoms with Crippen molar-refractivity contribution in [3.05, 3.63) is 84.2 Å². The van der Waals surface area contributed by atoms with E-state index in [4.69, 9.17) is 9.84 Å². The molecule has 2 N–H and O–H groups in total. The highest BCUT2D eigenvalue weighted by atomic mass is 32.1. The first kappa shape index (κ1) is 18.7. The first-order valence-corrected chi connectivity index (χ1v) is 9.51. The molecular formula is C23H15FO4S. The number of phenolic OH excluding ortho intramolecular Hbond substituents is 1. The van der Waals surface area contributed by atoms with Crippen LogP contribution in [-0.2, 0) is 4.79 Å². The van der Waals surface area contributed by atoms with Crippen LogP contribution < -0.4 is 4.74 Å². The van der Waals surface area contributed by atoms with Gasteiger partial charge in [0.2, 0.25) is 0 Å². The van der Waals surface area contributed by atoms with Crippen molar-refractivity contribution < 1.29 is 24.1 Å². The number of phenols is 1. The van der Waals surface area contributed by atoms with Crippen LogP contribution in [0.4, 0.5) is 4.39 Å². The Morgan fingerprint density at radius 3 is 2.41 bits per heavy atom. The van der Waals surface area contributed by atoms with Gasteiger partial charge in [-0.2, -0.15) is 0 Å². The maximum atomic E-state index is 13.4. The number of carbonyl (C=O) groups is 1. The van der Waals surface area contributed by atoms with Crippen LogP contribution in [0.2, 0.25) is 0 Å². The maximum absolute atomic E-state index is 13.4. The Labute approximate surface area is 169 Å². The van der Waals surface area contributed by atoms with Crippen LogP contribution in [0.3, 0.4) is 0 Å². The largest absolute Gasteiger partial charge is 0.508 e. The Balaban J connectivity index is 1.75. The van der Waals surface area contributed by atoms with Gasteiger partial charge in [0.05, 0.1) is 4.88 Å². The summed E-state index contributed by atoms with van der Waals surface area (Å²) in [6, 6.07) is 18.2. The predicted octanol–water partition coefficient (Wildman–Crippen LogP) is 6.30. The lowest BCUT2D eigenvalue weighted by atomic mass is 10.1. The molecule has 4 rings (SSSR count). The van der Waals surface area contributed by atoms with Crippen LogP contribution in [0.15, 0.2) is 72.8 Å². The van der Waals surface area contributed by atoms with E-state index in [2.05, 4.69) is 0 Å². The normalized spacial score (nSPS) is 11.2. The number of aliphatic carboxylic acids is 1. The van der Waals surface area contributed by atoms with Crippen molar-refractivity contribution >= 4 is 33.5 Å². The highest BCUT2D eigenvalue weighted by molar-refractivity contribution is 7.22. The van der Waals surface area contributed by atoms with Gasteiger partial charge in [-0.3, -0.25) is 0 Å². The van der Waals surface area contributed by atoms with E-state index in [9.17, 15) is 14.3 Å². The molecule has 6 heteroatoms. The minimum absolute atomic E-state index is 0.158. The van der Waals surface area contributed by atoms with E-state index in [1.165, 1.54) is 29.5 Å². The summed E-state index contributed by atoms with van der Waals surface area (Å²) < 4.78 is 20.4. The average Bonchev–Trinajstić information content (AvgIpc) is 3.05. The number of fused-ring (bicyclic) bond motifs is 1. The summed E-state index contributed by atoms with van der Waals surface area (Å²) in [4.78, 5) is 11.5. The lowest BCUT2D eigenvalue weighted by Crippen LogP contribution is -1.87. The topological polar surface area (TPSA) is 66.8 Å². The molecule has 0 unspecified atom stereocenters. The summed E-state index contributed by atoms with van der Waals surface area (Å²) in [7, 11) is 0. The number of aromatic hydroxyl groups is 1. The Bertz CT molecular complexity index is 1210. The van der Waals surface area contributed by atoms with Gasteiger partial charge in [0.25, 0.3) is 0 Å². The zero-order chi connectivity index (χ0) is 20.4. The van der Waals surface area contributed by atoms with Crippen LogP contribution in [0.5, 0.6) is 17.2 Å². The van der Waals surface area contributed by atoms with Crippen molar-refractivity contribution in [1.82, 2.24) is 0 Å². The molecule has 3 aromatic carbocycles. The second-order valence-corrected chi connectivity index (χ2v) is 7.34. The van der Waals surface area contributed by atoms with Gasteiger partial charge in [0, 0.05) is 16.2 Å². The summed E-state index contributed by atoms with van der Waals surface area (Å²) in [6.07, 6.45) is 2.57. The minimum atomic E-state index is -1.01. The molecular weight excluding hydrogens is 391 g/mol. The zero-order valence-electron chi connectivity index (χ0n) is 15.0. The molecule has 0 radical (unpaired) electrons. The van der Waals surface area contributed by atoms with E-state index in [0.29, 0.717) is 11.5 Å². The van der Waals surface area contributed by atoms with Crippen molar-refractivity contribution in [3.63, 3.8) is 0 Å². The third-order valence-electron chi connectivity index (χ3n) is 4.25. The number of hydrogen-bond donors (Lipinski definition) is 2. The SMILES string of the molecule is O=C(O)C=Cc1ccc(Oc2c(-c3ccc(F)cc3)sc3cc(O)ccc23)cc1. The molecule has 0 saturated carbocycles. The molecule has 1 heterocycles. The second-order valence-electron chi connectivity index (χ2n) is 6.29. The fourth-order valence-electron chi connectivity index (χ4n) is 2.89. The van der Waals surface area contributed by atoms with Gasteiger partial charge in [-0.1, -0.05) is 24.3 Å². The summed E-state index contributed by atoms with van der Waals surface area (Å²) in [6.45, 7) is 0. The molecule has 0 aliphatic heterocycles. The van der Waals surface area contributed by atoms with Gasteiger partial charge in [-0.05, 0) is 59.7 Å².